The first-order valence-corrected chi connectivity index (χ1v) is 5.92. The van der Waals surface area contributed by atoms with E-state index in [1.807, 2.05) is 6.92 Å². The number of hydrogen-bond acceptors (Lipinski definition) is 2. The highest BCUT2D eigenvalue weighted by Crippen LogP contribution is 2.01. The van der Waals surface area contributed by atoms with Crippen molar-refractivity contribution >= 4 is 6.03 Å². The quantitative estimate of drug-likeness (QED) is 0.808. The molecule has 0 unspecified atom stereocenters. The number of ether oxygens (including phenoxy) is 1. The summed E-state index contributed by atoms with van der Waals surface area (Å²) in [5.41, 5.74) is 0.648. The molecule has 1 aliphatic rings. The summed E-state index contributed by atoms with van der Waals surface area (Å²) in [6.45, 7) is 10.6. The molecule has 1 N–H and O–H groups in total. The molecule has 0 atom stereocenters. The molecule has 1 aliphatic heterocycles. The third kappa shape index (κ3) is 11.0. The molecule has 0 fully saturated rings. The van der Waals surface area contributed by atoms with Crippen molar-refractivity contribution in [2.24, 2.45) is 0 Å². The third-order valence-corrected chi connectivity index (χ3v) is 1.82. The van der Waals surface area contributed by atoms with Gasteiger partial charge in [-0.05, 0) is 13.0 Å². The largest absolute Gasteiger partial charge is 0.388 e. The van der Waals surface area contributed by atoms with Crippen LogP contribution in [0.2, 0.25) is 0 Å². The summed E-state index contributed by atoms with van der Waals surface area (Å²) in [5, 5.41) is 2.59. The van der Waals surface area contributed by atoms with Crippen LogP contribution < -0.4 is 5.32 Å². The first-order valence-electron chi connectivity index (χ1n) is 5.92. The molecule has 0 radical (unpaired) electrons. The Bertz CT molecular complexity index is 236. The summed E-state index contributed by atoms with van der Waals surface area (Å²) in [6, 6.07) is -0.102. The Morgan fingerprint density at radius 3 is 2.06 bits per heavy atom. The smallest absolute Gasteiger partial charge is 0.325 e. The molecule has 0 aliphatic carbocycles. The number of unbranched alkanes of at least 4 members (excludes halogenated alkanes) is 1. The van der Waals surface area contributed by atoms with E-state index in [0.29, 0.717) is 12.2 Å². The average molecular weight is 242 g/mol. The first kappa shape index (κ1) is 18.1. The Morgan fingerprint density at radius 1 is 1.29 bits per heavy atom. The van der Waals surface area contributed by atoms with E-state index in [0.717, 1.165) is 0 Å². The second-order valence-electron chi connectivity index (χ2n) is 3.47. The van der Waals surface area contributed by atoms with Gasteiger partial charge in [0.05, 0.1) is 0 Å². The molecule has 0 saturated carbocycles. The van der Waals surface area contributed by atoms with Gasteiger partial charge in [0.25, 0.3) is 0 Å². The van der Waals surface area contributed by atoms with Crippen LogP contribution in [0.5, 0.6) is 0 Å². The van der Waals surface area contributed by atoms with Crippen molar-refractivity contribution in [1.29, 1.82) is 0 Å². The van der Waals surface area contributed by atoms with E-state index in [-0.39, 0.29) is 6.03 Å². The number of hydrogen-bond donors (Lipinski definition) is 1. The minimum atomic E-state index is -0.102. The number of carbonyl (C=O) groups excluding carboxylic acids is 1. The number of nitrogens with zero attached hydrogens (tertiary/aromatic N) is 1. The Labute approximate surface area is 105 Å². The van der Waals surface area contributed by atoms with Gasteiger partial charge in [-0.25, -0.2) is 4.79 Å². The lowest BCUT2D eigenvalue weighted by Gasteiger charge is -2.21. The Hall–Kier alpha value is -1.29. The third-order valence-electron chi connectivity index (χ3n) is 1.82. The van der Waals surface area contributed by atoms with Crippen molar-refractivity contribution in [2.45, 2.75) is 33.6 Å². The zero-order valence-corrected chi connectivity index (χ0v) is 11.7. The van der Waals surface area contributed by atoms with Gasteiger partial charge in [0.1, 0.15) is 0 Å². The van der Waals surface area contributed by atoms with Gasteiger partial charge in [0.15, 0.2) is 0 Å². The molecule has 4 heteroatoms. The van der Waals surface area contributed by atoms with Gasteiger partial charge in [-0.3, -0.25) is 0 Å². The van der Waals surface area contributed by atoms with Crippen LogP contribution in [0.25, 0.3) is 0 Å². The van der Waals surface area contributed by atoms with Gasteiger partial charge in [-0.1, -0.05) is 33.3 Å². The highest BCUT2D eigenvalue weighted by atomic mass is 16.4. The van der Waals surface area contributed by atoms with Gasteiger partial charge >= 0.3 is 6.03 Å². The van der Waals surface area contributed by atoms with Crippen LogP contribution in [-0.2, 0) is 4.74 Å². The fourth-order valence-electron chi connectivity index (χ4n) is 0.747. The molecule has 0 spiro atoms. The molecule has 4 nitrogen and oxygen atoms in total. The summed E-state index contributed by atoms with van der Waals surface area (Å²) >= 11 is 0. The van der Waals surface area contributed by atoms with Gasteiger partial charge < -0.3 is 15.0 Å². The SMILES string of the molecule is C=C1C=CN(CC)C(=O)N1.CCCC.COC. The predicted octanol–water partition coefficient (Wildman–Crippen LogP) is 3.13. The number of amides is 2. The fraction of sp³-hybridized carbons (Fsp3) is 0.615. The predicted molar refractivity (Wildman–Crippen MR) is 72.7 cm³/mol. The van der Waals surface area contributed by atoms with Gasteiger partial charge in [-0.15, -0.1) is 0 Å². The molecule has 0 saturated heterocycles. The highest BCUT2D eigenvalue weighted by Gasteiger charge is 2.11. The summed E-state index contributed by atoms with van der Waals surface area (Å²) in [4.78, 5) is 12.5. The van der Waals surface area contributed by atoms with E-state index in [1.165, 1.54) is 12.8 Å². The van der Waals surface area contributed by atoms with Crippen molar-refractivity contribution < 1.29 is 9.53 Å². The molecule has 0 aromatic rings. The van der Waals surface area contributed by atoms with Crippen LogP contribution >= 0.6 is 0 Å². The van der Waals surface area contributed by atoms with Crippen LogP contribution in [0.1, 0.15) is 33.6 Å². The van der Waals surface area contributed by atoms with Crippen LogP contribution in [-0.4, -0.2) is 31.7 Å². The molecule has 100 valence electrons. The Morgan fingerprint density at radius 2 is 1.76 bits per heavy atom. The number of nitrogens with one attached hydrogen (secondary N) is 1. The monoisotopic (exact) mass is 242 g/mol. The van der Waals surface area contributed by atoms with E-state index >= 15 is 0 Å². The second-order valence-corrected chi connectivity index (χ2v) is 3.47. The van der Waals surface area contributed by atoms with Crippen molar-refractivity contribution in [3.63, 3.8) is 0 Å². The van der Waals surface area contributed by atoms with Crippen LogP contribution in [0, 0.1) is 0 Å². The van der Waals surface area contributed by atoms with Crippen molar-refractivity contribution in [3.05, 3.63) is 24.6 Å². The molecule has 0 aromatic carbocycles. The molecule has 1 rings (SSSR count). The van der Waals surface area contributed by atoms with E-state index in [2.05, 4.69) is 30.5 Å². The molecule has 2 amide bonds. The average Bonchev–Trinajstić information content (AvgIpc) is 2.30. The van der Waals surface area contributed by atoms with Crippen molar-refractivity contribution in [3.8, 4) is 0 Å². The summed E-state index contributed by atoms with van der Waals surface area (Å²) in [5.74, 6) is 0. The first-order chi connectivity index (χ1) is 8.06. The van der Waals surface area contributed by atoms with Crippen molar-refractivity contribution in [2.75, 3.05) is 20.8 Å². The van der Waals surface area contributed by atoms with E-state index in [1.54, 1.807) is 31.4 Å². The minimum Gasteiger partial charge on any atom is -0.388 e. The molecule has 0 aromatic heterocycles. The normalized spacial score (nSPS) is 13.1. The minimum absolute atomic E-state index is 0.102. The molecular weight excluding hydrogens is 216 g/mol. The zero-order valence-electron chi connectivity index (χ0n) is 11.7. The molecular formula is C13H26N2O2. The van der Waals surface area contributed by atoms with E-state index in [9.17, 15) is 4.79 Å². The maximum Gasteiger partial charge on any atom is 0.325 e. The second kappa shape index (κ2) is 12.8. The number of urea groups is 1. The Kier molecular flexibility index (Phi) is 13.6. The molecule has 17 heavy (non-hydrogen) atoms. The van der Waals surface area contributed by atoms with E-state index in [4.69, 9.17) is 0 Å². The molecule has 0 bridgehead atoms. The summed E-state index contributed by atoms with van der Waals surface area (Å²) in [7, 11) is 3.25. The Balaban J connectivity index is 0. The lowest BCUT2D eigenvalue weighted by Crippen LogP contribution is -2.38. The lowest BCUT2D eigenvalue weighted by atomic mass is 10.4. The highest BCUT2D eigenvalue weighted by molar-refractivity contribution is 5.79. The number of methoxy groups -OCH3 is 1. The van der Waals surface area contributed by atoms with Crippen LogP contribution in [0.3, 0.4) is 0 Å². The van der Waals surface area contributed by atoms with Crippen molar-refractivity contribution in [1.82, 2.24) is 10.2 Å². The summed E-state index contributed by atoms with van der Waals surface area (Å²) < 4.78 is 4.25. The topological polar surface area (TPSA) is 41.6 Å². The molecule has 1 heterocycles. The standard InChI is InChI=1S/C7H10N2O.C4H10.C2H6O/c1-3-9-5-4-6(2)8-7(9)10;1-3-4-2;1-3-2/h4-5H,2-3H2,1H3,(H,8,10);3-4H2,1-2H3;1-2H3. The van der Waals surface area contributed by atoms with E-state index < -0.39 is 0 Å². The summed E-state index contributed by atoms with van der Waals surface area (Å²) in [6.07, 6.45) is 6.13. The maximum absolute atomic E-state index is 10.9. The zero-order chi connectivity index (χ0) is 13.7. The number of rotatable bonds is 2. The van der Waals surface area contributed by atoms with Gasteiger partial charge in [0.2, 0.25) is 0 Å². The maximum atomic E-state index is 10.9. The van der Waals surface area contributed by atoms with Crippen LogP contribution in [0.15, 0.2) is 24.6 Å². The fourth-order valence-corrected chi connectivity index (χ4v) is 0.747. The van der Waals surface area contributed by atoms with Crippen LogP contribution in [0.4, 0.5) is 4.79 Å². The number of allylic oxidation sites excluding steroid dienone is 1. The number of carbonyl (C=O) groups is 1. The van der Waals surface area contributed by atoms with Gasteiger partial charge in [0, 0.05) is 32.7 Å². The lowest BCUT2D eigenvalue weighted by molar-refractivity contribution is 0.218. The van der Waals surface area contributed by atoms with Gasteiger partial charge in [-0.2, -0.15) is 0 Å².